The maximum Gasteiger partial charge on any atom is 0.410 e. The van der Waals surface area contributed by atoms with Crippen molar-refractivity contribution in [3.8, 4) is 0 Å². The zero-order valence-electron chi connectivity index (χ0n) is 13.6. The van der Waals surface area contributed by atoms with E-state index >= 15 is 0 Å². The van der Waals surface area contributed by atoms with Gasteiger partial charge in [0.05, 0.1) is 19.3 Å². The van der Waals surface area contributed by atoms with Crippen molar-refractivity contribution in [2.24, 2.45) is 0 Å². The van der Waals surface area contributed by atoms with Crippen LogP contribution in [0.3, 0.4) is 0 Å². The first-order valence-electron chi connectivity index (χ1n) is 7.46. The number of morpholine rings is 1. The van der Waals surface area contributed by atoms with E-state index in [0.29, 0.717) is 18.7 Å². The topological polar surface area (TPSA) is 71.9 Å². The number of carbonyl (C=O) groups excluding carboxylic acids is 1. The number of carbonyl (C=O) groups is 1. The molecular weight excluding hydrogens is 284 g/mol. The molecule has 1 fully saturated rings. The molecule has 1 aliphatic heterocycles. The van der Waals surface area contributed by atoms with Crippen LogP contribution in [-0.2, 0) is 9.47 Å². The van der Waals surface area contributed by atoms with Gasteiger partial charge in [0.25, 0.3) is 0 Å². The second kappa shape index (κ2) is 6.62. The van der Waals surface area contributed by atoms with E-state index in [-0.39, 0.29) is 6.61 Å². The number of aromatic nitrogens is 1. The molecule has 1 aromatic heterocycles. The SMILES string of the molecule is Cc1ccc(C(O)C2COCCN2C(=O)OC(C)(C)C)cn1. The molecule has 1 N–H and O–H groups in total. The van der Waals surface area contributed by atoms with Gasteiger partial charge in [0.1, 0.15) is 11.7 Å². The third kappa shape index (κ3) is 4.18. The highest BCUT2D eigenvalue weighted by Gasteiger charge is 2.36. The van der Waals surface area contributed by atoms with Crippen molar-refractivity contribution < 1.29 is 19.4 Å². The molecule has 0 spiro atoms. The number of hydrogen-bond donors (Lipinski definition) is 1. The van der Waals surface area contributed by atoms with Gasteiger partial charge in [-0.25, -0.2) is 4.79 Å². The third-order valence-corrected chi connectivity index (χ3v) is 3.43. The standard InChI is InChI=1S/C16H24N2O4/c1-11-5-6-12(9-17-11)14(19)13-10-21-8-7-18(13)15(20)22-16(2,3)4/h5-6,9,13-14,19H,7-8,10H2,1-4H3. The van der Waals surface area contributed by atoms with Crippen LogP contribution in [0.1, 0.15) is 38.1 Å². The second-order valence-electron chi connectivity index (χ2n) is 6.49. The lowest BCUT2D eigenvalue weighted by atomic mass is 10.0. The molecule has 0 saturated carbocycles. The average Bonchev–Trinajstić information content (AvgIpc) is 2.45. The molecule has 122 valence electrons. The normalized spacial score (nSPS) is 20.6. The number of aliphatic hydroxyl groups excluding tert-OH is 1. The summed E-state index contributed by atoms with van der Waals surface area (Å²) in [6.07, 6.45) is 0.336. The minimum absolute atomic E-state index is 0.272. The first kappa shape index (κ1) is 16.7. The van der Waals surface area contributed by atoms with E-state index in [4.69, 9.17) is 9.47 Å². The van der Waals surface area contributed by atoms with Gasteiger partial charge in [0.15, 0.2) is 0 Å². The second-order valence-corrected chi connectivity index (χ2v) is 6.49. The van der Waals surface area contributed by atoms with Crippen molar-refractivity contribution in [1.82, 2.24) is 9.88 Å². The Balaban J connectivity index is 2.15. The molecule has 1 saturated heterocycles. The molecule has 1 aliphatic rings. The van der Waals surface area contributed by atoms with E-state index in [0.717, 1.165) is 5.69 Å². The summed E-state index contributed by atoms with van der Waals surface area (Å²) in [5.41, 5.74) is 0.963. The van der Waals surface area contributed by atoms with E-state index in [9.17, 15) is 9.90 Å². The highest BCUT2D eigenvalue weighted by atomic mass is 16.6. The van der Waals surface area contributed by atoms with Crippen LogP contribution in [0.4, 0.5) is 4.79 Å². The van der Waals surface area contributed by atoms with Crippen LogP contribution in [0.5, 0.6) is 0 Å². The van der Waals surface area contributed by atoms with Crippen LogP contribution in [0.2, 0.25) is 0 Å². The molecule has 0 aliphatic carbocycles. The van der Waals surface area contributed by atoms with Crippen molar-refractivity contribution in [2.45, 2.75) is 45.4 Å². The van der Waals surface area contributed by atoms with Crippen molar-refractivity contribution in [3.63, 3.8) is 0 Å². The lowest BCUT2D eigenvalue weighted by Crippen LogP contribution is -2.52. The Bertz CT molecular complexity index is 510. The summed E-state index contributed by atoms with van der Waals surface area (Å²) in [6, 6.07) is 3.17. The van der Waals surface area contributed by atoms with E-state index in [1.807, 2.05) is 39.8 Å². The maximum absolute atomic E-state index is 12.3. The number of hydrogen-bond acceptors (Lipinski definition) is 5. The molecule has 6 nitrogen and oxygen atoms in total. The number of aliphatic hydroxyl groups is 1. The number of nitrogens with zero attached hydrogens (tertiary/aromatic N) is 2. The predicted molar refractivity (Wildman–Crippen MR) is 81.5 cm³/mol. The molecule has 1 amide bonds. The largest absolute Gasteiger partial charge is 0.444 e. The fourth-order valence-electron chi connectivity index (χ4n) is 2.31. The number of ether oxygens (including phenoxy) is 2. The maximum atomic E-state index is 12.3. The predicted octanol–water partition coefficient (Wildman–Crippen LogP) is 2.06. The van der Waals surface area contributed by atoms with Crippen molar-refractivity contribution in [3.05, 3.63) is 29.6 Å². The molecule has 0 bridgehead atoms. The number of pyridine rings is 1. The van der Waals surface area contributed by atoms with Crippen LogP contribution in [-0.4, -0.2) is 52.5 Å². The molecule has 2 heterocycles. The minimum atomic E-state index is -0.860. The Morgan fingerprint density at radius 1 is 1.50 bits per heavy atom. The monoisotopic (exact) mass is 308 g/mol. The molecule has 1 aromatic rings. The average molecular weight is 308 g/mol. The molecule has 0 aromatic carbocycles. The lowest BCUT2D eigenvalue weighted by Gasteiger charge is -2.38. The lowest BCUT2D eigenvalue weighted by molar-refractivity contribution is -0.0673. The molecule has 6 heteroatoms. The van der Waals surface area contributed by atoms with Crippen molar-refractivity contribution in [2.75, 3.05) is 19.8 Å². The molecular formula is C16H24N2O4. The molecule has 0 radical (unpaired) electrons. The van der Waals surface area contributed by atoms with Gasteiger partial charge in [0, 0.05) is 24.0 Å². The zero-order chi connectivity index (χ0) is 16.3. The Morgan fingerprint density at radius 3 is 2.82 bits per heavy atom. The van der Waals surface area contributed by atoms with Crippen LogP contribution in [0.25, 0.3) is 0 Å². The van der Waals surface area contributed by atoms with Gasteiger partial charge in [-0.3, -0.25) is 9.88 Å². The van der Waals surface area contributed by atoms with Gasteiger partial charge in [-0.2, -0.15) is 0 Å². The van der Waals surface area contributed by atoms with Gasteiger partial charge in [-0.15, -0.1) is 0 Å². The van der Waals surface area contributed by atoms with Crippen molar-refractivity contribution in [1.29, 1.82) is 0 Å². The summed E-state index contributed by atoms with van der Waals surface area (Å²) >= 11 is 0. The fourth-order valence-corrected chi connectivity index (χ4v) is 2.31. The molecule has 2 rings (SSSR count). The number of aryl methyl sites for hydroxylation is 1. The third-order valence-electron chi connectivity index (χ3n) is 3.43. The molecule has 2 unspecified atom stereocenters. The van der Waals surface area contributed by atoms with Crippen LogP contribution in [0.15, 0.2) is 18.3 Å². The van der Waals surface area contributed by atoms with Crippen LogP contribution >= 0.6 is 0 Å². The smallest absolute Gasteiger partial charge is 0.410 e. The summed E-state index contributed by atoms with van der Waals surface area (Å²) in [4.78, 5) is 18.1. The highest BCUT2D eigenvalue weighted by molar-refractivity contribution is 5.68. The van der Waals surface area contributed by atoms with Crippen LogP contribution in [0, 0.1) is 6.92 Å². The van der Waals surface area contributed by atoms with E-state index < -0.39 is 23.8 Å². The van der Waals surface area contributed by atoms with E-state index in [1.165, 1.54) is 0 Å². The van der Waals surface area contributed by atoms with Crippen LogP contribution < -0.4 is 0 Å². The van der Waals surface area contributed by atoms with E-state index in [2.05, 4.69) is 4.98 Å². The first-order chi connectivity index (χ1) is 10.3. The van der Waals surface area contributed by atoms with Gasteiger partial charge in [0.2, 0.25) is 0 Å². The Labute approximate surface area is 131 Å². The van der Waals surface area contributed by atoms with E-state index in [1.54, 1.807) is 11.1 Å². The highest BCUT2D eigenvalue weighted by Crippen LogP contribution is 2.25. The van der Waals surface area contributed by atoms with Gasteiger partial charge in [-0.05, 0) is 33.8 Å². The zero-order valence-corrected chi connectivity index (χ0v) is 13.6. The Morgan fingerprint density at radius 2 is 2.23 bits per heavy atom. The van der Waals surface area contributed by atoms with Gasteiger partial charge >= 0.3 is 6.09 Å². The fraction of sp³-hybridized carbons (Fsp3) is 0.625. The Hall–Kier alpha value is -1.66. The number of amides is 1. The molecule has 2 atom stereocenters. The minimum Gasteiger partial charge on any atom is -0.444 e. The summed E-state index contributed by atoms with van der Waals surface area (Å²) < 4.78 is 10.8. The Kier molecular flexibility index (Phi) is 5.03. The van der Waals surface area contributed by atoms with Crippen molar-refractivity contribution >= 4 is 6.09 Å². The quantitative estimate of drug-likeness (QED) is 0.905. The number of rotatable bonds is 2. The summed E-state index contributed by atoms with van der Waals surface area (Å²) in [6.45, 7) is 8.45. The van der Waals surface area contributed by atoms with Gasteiger partial charge < -0.3 is 14.6 Å². The first-order valence-corrected chi connectivity index (χ1v) is 7.46. The summed E-state index contributed by atoms with van der Waals surface area (Å²) in [7, 11) is 0. The molecule has 22 heavy (non-hydrogen) atoms. The summed E-state index contributed by atoms with van der Waals surface area (Å²) in [5, 5.41) is 10.6. The van der Waals surface area contributed by atoms with Gasteiger partial charge in [-0.1, -0.05) is 6.07 Å². The summed E-state index contributed by atoms with van der Waals surface area (Å²) in [5.74, 6) is 0.